The molecule has 0 bridgehead atoms. The Balaban J connectivity index is 1.51. The Morgan fingerprint density at radius 1 is 1.18 bits per heavy atom. The monoisotopic (exact) mass is 407 g/mol. The van der Waals surface area contributed by atoms with E-state index >= 15 is 0 Å². The van der Waals surface area contributed by atoms with Crippen LogP contribution in [-0.2, 0) is 4.79 Å². The van der Waals surface area contributed by atoms with E-state index in [1.165, 1.54) is 61.7 Å². The molecule has 0 spiro atoms. The van der Waals surface area contributed by atoms with Crippen LogP contribution in [0.2, 0.25) is 0 Å². The molecule has 0 radical (unpaired) electrons. The molecule has 0 unspecified atom stereocenters. The molecule has 28 heavy (non-hydrogen) atoms. The molecule has 8 heteroatoms. The molecule has 1 heterocycles. The SMILES string of the molecule is C[C@H](Sc1nnc([C@H](C)Oc2ccc(F)cc2)o1)C(=O)NC1CCCCCC1. The summed E-state index contributed by atoms with van der Waals surface area (Å²) in [6.07, 6.45) is 6.45. The fourth-order valence-electron chi connectivity index (χ4n) is 3.15. The lowest BCUT2D eigenvalue weighted by Crippen LogP contribution is -2.39. The lowest BCUT2D eigenvalue weighted by atomic mass is 10.1. The molecule has 1 aromatic heterocycles. The second-order valence-electron chi connectivity index (χ2n) is 7.08. The predicted octanol–water partition coefficient (Wildman–Crippen LogP) is 4.67. The van der Waals surface area contributed by atoms with Crippen molar-refractivity contribution in [1.29, 1.82) is 0 Å². The van der Waals surface area contributed by atoms with Crippen LogP contribution in [0.1, 0.15) is 64.4 Å². The van der Waals surface area contributed by atoms with E-state index in [0.29, 0.717) is 16.9 Å². The van der Waals surface area contributed by atoms with Crippen LogP contribution < -0.4 is 10.1 Å². The molecule has 0 saturated heterocycles. The van der Waals surface area contributed by atoms with Crippen LogP contribution in [-0.4, -0.2) is 27.4 Å². The van der Waals surface area contributed by atoms with Crippen molar-refractivity contribution in [3.05, 3.63) is 36.0 Å². The summed E-state index contributed by atoms with van der Waals surface area (Å²) in [4.78, 5) is 12.5. The van der Waals surface area contributed by atoms with E-state index in [2.05, 4.69) is 15.5 Å². The molecule has 1 saturated carbocycles. The molecule has 1 fully saturated rings. The fourth-order valence-corrected chi connectivity index (χ4v) is 3.85. The van der Waals surface area contributed by atoms with Crippen LogP contribution in [0.5, 0.6) is 5.75 Å². The molecule has 0 aliphatic heterocycles. The Bertz CT molecular complexity index is 760. The number of carbonyl (C=O) groups is 1. The molecule has 6 nitrogen and oxygen atoms in total. The Labute approximate surface area is 168 Å². The van der Waals surface area contributed by atoms with Crippen LogP contribution >= 0.6 is 11.8 Å². The molecule has 1 N–H and O–H groups in total. The lowest BCUT2D eigenvalue weighted by Gasteiger charge is -2.18. The maximum atomic E-state index is 13.0. The predicted molar refractivity (Wildman–Crippen MR) is 105 cm³/mol. The van der Waals surface area contributed by atoms with Gasteiger partial charge in [-0.1, -0.05) is 37.4 Å². The minimum absolute atomic E-state index is 0.00717. The van der Waals surface area contributed by atoms with Gasteiger partial charge in [0.1, 0.15) is 11.6 Å². The summed E-state index contributed by atoms with van der Waals surface area (Å²) in [5, 5.41) is 11.1. The second-order valence-corrected chi connectivity index (χ2v) is 8.37. The third-order valence-corrected chi connectivity index (χ3v) is 5.68. The largest absolute Gasteiger partial charge is 0.481 e. The van der Waals surface area contributed by atoms with Gasteiger partial charge in [0.2, 0.25) is 5.91 Å². The molecule has 1 aliphatic carbocycles. The van der Waals surface area contributed by atoms with Gasteiger partial charge in [0.25, 0.3) is 11.1 Å². The summed E-state index contributed by atoms with van der Waals surface area (Å²) in [5.74, 6) is 0.487. The van der Waals surface area contributed by atoms with E-state index in [1.807, 2.05) is 6.92 Å². The minimum atomic E-state index is -0.484. The summed E-state index contributed by atoms with van der Waals surface area (Å²) < 4.78 is 24.3. The highest BCUT2D eigenvalue weighted by molar-refractivity contribution is 8.00. The number of rotatable bonds is 7. The van der Waals surface area contributed by atoms with Crippen molar-refractivity contribution in [1.82, 2.24) is 15.5 Å². The van der Waals surface area contributed by atoms with Gasteiger partial charge < -0.3 is 14.5 Å². The van der Waals surface area contributed by atoms with E-state index in [1.54, 1.807) is 6.92 Å². The normalized spacial score (nSPS) is 17.5. The van der Waals surface area contributed by atoms with Gasteiger partial charge >= 0.3 is 0 Å². The molecule has 2 aromatic rings. The first-order chi connectivity index (χ1) is 13.5. The average Bonchev–Trinajstić information content (AvgIpc) is 2.99. The first kappa shape index (κ1) is 20.6. The Kier molecular flexibility index (Phi) is 7.30. The summed E-state index contributed by atoms with van der Waals surface area (Å²) in [5.41, 5.74) is 0. The van der Waals surface area contributed by atoms with Gasteiger partial charge in [-0.25, -0.2) is 4.39 Å². The van der Waals surface area contributed by atoms with Crippen LogP contribution in [0.4, 0.5) is 4.39 Å². The van der Waals surface area contributed by atoms with Crippen molar-refractivity contribution in [3.8, 4) is 5.75 Å². The number of benzene rings is 1. The Morgan fingerprint density at radius 2 is 1.86 bits per heavy atom. The van der Waals surface area contributed by atoms with E-state index in [9.17, 15) is 9.18 Å². The van der Waals surface area contributed by atoms with E-state index < -0.39 is 6.10 Å². The van der Waals surface area contributed by atoms with Crippen molar-refractivity contribution in [2.45, 2.75) is 75.0 Å². The molecule has 1 aromatic carbocycles. The number of halogens is 1. The van der Waals surface area contributed by atoms with Crippen molar-refractivity contribution in [3.63, 3.8) is 0 Å². The third kappa shape index (κ3) is 5.95. The zero-order valence-electron chi connectivity index (χ0n) is 16.2. The van der Waals surface area contributed by atoms with E-state index in [4.69, 9.17) is 9.15 Å². The summed E-state index contributed by atoms with van der Waals surface area (Å²) >= 11 is 1.23. The van der Waals surface area contributed by atoms with Gasteiger partial charge in [-0.2, -0.15) is 0 Å². The van der Waals surface area contributed by atoms with Crippen LogP contribution in [0.25, 0.3) is 0 Å². The van der Waals surface area contributed by atoms with Crippen LogP contribution in [0, 0.1) is 5.82 Å². The van der Waals surface area contributed by atoms with Gasteiger partial charge in [0, 0.05) is 6.04 Å². The summed E-state index contributed by atoms with van der Waals surface area (Å²) in [7, 11) is 0. The smallest absolute Gasteiger partial charge is 0.277 e. The van der Waals surface area contributed by atoms with Gasteiger partial charge in [-0.05, 0) is 51.0 Å². The molecular formula is C20H26FN3O3S. The minimum Gasteiger partial charge on any atom is -0.481 e. The van der Waals surface area contributed by atoms with Crippen molar-refractivity contribution in [2.75, 3.05) is 0 Å². The van der Waals surface area contributed by atoms with E-state index in [0.717, 1.165) is 12.8 Å². The summed E-state index contributed by atoms with van der Waals surface area (Å²) in [6.45, 7) is 3.60. The molecule has 2 atom stereocenters. The number of carbonyl (C=O) groups excluding carboxylic acids is 1. The maximum Gasteiger partial charge on any atom is 0.277 e. The Morgan fingerprint density at radius 3 is 2.54 bits per heavy atom. The molecule has 1 aliphatic rings. The number of nitrogens with zero attached hydrogens (tertiary/aromatic N) is 2. The van der Waals surface area contributed by atoms with E-state index in [-0.39, 0.29) is 23.0 Å². The number of ether oxygens (including phenoxy) is 1. The first-order valence-corrected chi connectivity index (χ1v) is 10.6. The zero-order valence-corrected chi connectivity index (χ0v) is 17.0. The number of hydrogen-bond donors (Lipinski definition) is 1. The number of aromatic nitrogens is 2. The van der Waals surface area contributed by atoms with Gasteiger partial charge in [0.05, 0.1) is 5.25 Å². The third-order valence-electron chi connectivity index (χ3n) is 4.74. The molecule has 152 valence electrons. The zero-order chi connectivity index (χ0) is 19.9. The highest BCUT2D eigenvalue weighted by Gasteiger charge is 2.23. The van der Waals surface area contributed by atoms with Gasteiger partial charge in [0.15, 0.2) is 6.10 Å². The fraction of sp³-hybridized carbons (Fsp3) is 0.550. The second kappa shape index (κ2) is 9.91. The van der Waals surface area contributed by atoms with Gasteiger partial charge in [-0.3, -0.25) is 4.79 Å². The van der Waals surface area contributed by atoms with Crippen molar-refractivity contribution >= 4 is 17.7 Å². The quantitative estimate of drug-likeness (QED) is 0.531. The molecule has 1 amide bonds. The summed E-state index contributed by atoms with van der Waals surface area (Å²) in [6, 6.07) is 5.99. The topological polar surface area (TPSA) is 77.2 Å². The van der Waals surface area contributed by atoms with Crippen LogP contribution in [0.15, 0.2) is 33.9 Å². The lowest BCUT2D eigenvalue weighted by molar-refractivity contribution is -0.121. The standard InChI is InChI=1S/C20H26FN3O3S/c1-13(26-17-11-9-15(21)10-12-17)19-23-24-20(27-19)28-14(2)18(25)22-16-7-5-3-4-6-8-16/h9-14,16H,3-8H2,1-2H3,(H,22,25)/t13-,14-/m0/s1. The highest BCUT2D eigenvalue weighted by Crippen LogP contribution is 2.27. The van der Waals surface area contributed by atoms with Gasteiger partial charge in [-0.15, -0.1) is 10.2 Å². The maximum absolute atomic E-state index is 13.0. The molecule has 3 rings (SSSR count). The number of thioether (sulfide) groups is 1. The average molecular weight is 408 g/mol. The van der Waals surface area contributed by atoms with Crippen LogP contribution in [0.3, 0.4) is 0 Å². The van der Waals surface area contributed by atoms with Crippen molar-refractivity contribution in [2.24, 2.45) is 0 Å². The van der Waals surface area contributed by atoms with Crippen molar-refractivity contribution < 1.29 is 18.3 Å². The number of nitrogens with one attached hydrogen (secondary N) is 1. The number of hydrogen-bond acceptors (Lipinski definition) is 6. The Hall–Kier alpha value is -2.09. The highest BCUT2D eigenvalue weighted by atomic mass is 32.2. The first-order valence-electron chi connectivity index (χ1n) is 9.74. The number of amides is 1. The molecular weight excluding hydrogens is 381 g/mol.